The van der Waals surface area contributed by atoms with Crippen molar-refractivity contribution in [1.29, 1.82) is 0 Å². The molecule has 0 aromatic heterocycles. The Morgan fingerprint density at radius 1 is 0.970 bits per heavy atom. The van der Waals surface area contributed by atoms with Gasteiger partial charge in [0, 0.05) is 23.9 Å². The van der Waals surface area contributed by atoms with E-state index in [0.717, 1.165) is 23.3 Å². The molecule has 0 unspecified atom stereocenters. The first-order chi connectivity index (χ1) is 15.9. The van der Waals surface area contributed by atoms with E-state index in [4.69, 9.17) is 30.9 Å². The van der Waals surface area contributed by atoms with Crippen molar-refractivity contribution in [3.8, 4) is 23.0 Å². The van der Waals surface area contributed by atoms with Crippen molar-refractivity contribution < 1.29 is 24.1 Å². The zero-order valence-corrected chi connectivity index (χ0v) is 19.7. The summed E-state index contributed by atoms with van der Waals surface area (Å²) in [6.45, 7) is 4.50. The first-order valence-electron chi connectivity index (χ1n) is 11.1. The van der Waals surface area contributed by atoms with E-state index >= 15 is 0 Å². The van der Waals surface area contributed by atoms with Crippen molar-refractivity contribution in [3.63, 3.8) is 0 Å². The summed E-state index contributed by atoms with van der Waals surface area (Å²) in [6.07, 6.45) is 2.09. The Kier molecular flexibility index (Phi) is 9.02. The van der Waals surface area contributed by atoms with Crippen LogP contribution in [0.2, 0.25) is 5.02 Å². The van der Waals surface area contributed by atoms with Gasteiger partial charge in [-0.15, -0.1) is 0 Å². The Balaban J connectivity index is 1.55. The van der Waals surface area contributed by atoms with Gasteiger partial charge in [-0.2, -0.15) is 0 Å². The van der Waals surface area contributed by atoms with Crippen LogP contribution in [0.25, 0.3) is 0 Å². The Bertz CT molecular complexity index is 1050. The topological polar surface area (TPSA) is 65.0 Å². The number of halogens is 1. The number of ether oxygens (including phenoxy) is 3. The lowest BCUT2D eigenvalue weighted by atomic mass is 10.0. The van der Waals surface area contributed by atoms with Gasteiger partial charge >= 0.3 is 5.97 Å². The summed E-state index contributed by atoms with van der Waals surface area (Å²) in [5.41, 5.74) is 2.16. The third kappa shape index (κ3) is 7.72. The Morgan fingerprint density at radius 3 is 2.48 bits per heavy atom. The fourth-order valence-electron chi connectivity index (χ4n) is 3.41. The van der Waals surface area contributed by atoms with Gasteiger partial charge < -0.3 is 19.3 Å². The average Bonchev–Trinajstić information content (AvgIpc) is 2.80. The standard InChI is InChI=1S/C27H29ClO5/c1-3-20-17-24(12-9-21(20)10-14-27(29)30)32-19(2)15-16-31-25-13-11-22(28)18-26(25)33-23-7-5-4-6-8-23/h4-9,11-13,17-19H,3,10,14-16H2,1-2H3,(H,29,30)/t19-/m1/s1. The molecule has 0 aliphatic rings. The van der Waals surface area contributed by atoms with Crippen molar-refractivity contribution in [2.45, 2.75) is 45.6 Å². The maximum Gasteiger partial charge on any atom is 0.303 e. The second-order valence-corrected chi connectivity index (χ2v) is 8.19. The summed E-state index contributed by atoms with van der Waals surface area (Å²) < 4.78 is 18.0. The van der Waals surface area contributed by atoms with Crippen LogP contribution in [0, 0.1) is 0 Å². The van der Waals surface area contributed by atoms with Gasteiger partial charge in [-0.1, -0.05) is 42.8 Å². The Morgan fingerprint density at radius 2 is 1.76 bits per heavy atom. The smallest absolute Gasteiger partial charge is 0.303 e. The van der Waals surface area contributed by atoms with Crippen molar-refractivity contribution >= 4 is 17.6 Å². The van der Waals surface area contributed by atoms with E-state index in [-0.39, 0.29) is 12.5 Å². The highest BCUT2D eigenvalue weighted by Gasteiger charge is 2.11. The number of carbonyl (C=O) groups is 1. The summed E-state index contributed by atoms with van der Waals surface area (Å²) in [6, 6.07) is 20.7. The number of benzene rings is 3. The van der Waals surface area contributed by atoms with Gasteiger partial charge in [0.25, 0.3) is 0 Å². The first-order valence-corrected chi connectivity index (χ1v) is 11.5. The van der Waals surface area contributed by atoms with Gasteiger partial charge in [0.1, 0.15) is 11.5 Å². The molecule has 0 bridgehead atoms. The van der Waals surface area contributed by atoms with E-state index in [1.807, 2.05) is 55.5 Å². The van der Waals surface area contributed by atoms with E-state index in [2.05, 4.69) is 6.92 Å². The largest absolute Gasteiger partial charge is 0.491 e. The number of aryl methyl sites for hydroxylation is 2. The molecule has 0 saturated heterocycles. The minimum atomic E-state index is -0.788. The molecule has 3 aromatic rings. The number of para-hydroxylation sites is 1. The van der Waals surface area contributed by atoms with Crippen LogP contribution in [0.5, 0.6) is 23.0 Å². The first kappa shape index (κ1) is 24.5. The maximum atomic E-state index is 10.9. The summed E-state index contributed by atoms with van der Waals surface area (Å²) >= 11 is 6.14. The highest BCUT2D eigenvalue weighted by atomic mass is 35.5. The minimum Gasteiger partial charge on any atom is -0.491 e. The van der Waals surface area contributed by atoms with Crippen LogP contribution in [0.1, 0.15) is 37.8 Å². The Hall–Kier alpha value is -3.18. The van der Waals surface area contributed by atoms with E-state index in [9.17, 15) is 4.79 Å². The van der Waals surface area contributed by atoms with Crippen molar-refractivity contribution in [2.75, 3.05) is 6.61 Å². The van der Waals surface area contributed by atoms with E-state index in [1.165, 1.54) is 0 Å². The van der Waals surface area contributed by atoms with Crippen molar-refractivity contribution in [2.24, 2.45) is 0 Å². The lowest BCUT2D eigenvalue weighted by Crippen LogP contribution is -2.16. The number of rotatable bonds is 12. The molecule has 0 saturated carbocycles. The highest BCUT2D eigenvalue weighted by molar-refractivity contribution is 6.30. The Labute approximate surface area is 199 Å². The lowest BCUT2D eigenvalue weighted by molar-refractivity contribution is -0.136. The van der Waals surface area contributed by atoms with Crippen LogP contribution in [0.3, 0.4) is 0 Å². The van der Waals surface area contributed by atoms with E-state index in [1.54, 1.807) is 18.2 Å². The third-order valence-corrected chi connectivity index (χ3v) is 5.40. The maximum absolute atomic E-state index is 10.9. The normalized spacial score (nSPS) is 11.6. The van der Waals surface area contributed by atoms with Crippen LogP contribution in [-0.4, -0.2) is 23.8 Å². The molecule has 0 aliphatic carbocycles. The van der Waals surface area contributed by atoms with Crippen molar-refractivity contribution in [3.05, 3.63) is 82.9 Å². The molecule has 174 valence electrons. The molecule has 0 spiro atoms. The van der Waals surface area contributed by atoms with Gasteiger partial charge in [-0.25, -0.2) is 0 Å². The summed E-state index contributed by atoms with van der Waals surface area (Å²) in [5, 5.41) is 9.50. The predicted molar refractivity (Wildman–Crippen MR) is 130 cm³/mol. The molecule has 0 aliphatic heterocycles. The summed E-state index contributed by atoms with van der Waals surface area (Å²) in [4.78, 5) is 10.9. The van der Waals surface area contributed by atoms with Gasteiger partial charge in [0.15, 0.2) is 11.5 Å². The zero-order chi connectivity index (χ0) is 23.6. The minimum absolute atomic E-state index is 0.0645. The number of carboxylic acids is 1. The molecule has 1 N–H and O–H groups in total. The third-order valence-electron chi connectivity index (χ3n) is 5.16. The average molecular weight is 469 g/mol. The van der Waals surface area contributed by atoms with Crippen LogP contribution < -0.4 is 14.2 Å². The fraction of sp³-hybridized carbons (Fsp3) is 0.296. The SMILES string of the molecule is CCc1cc(O[C@H](C)CCOc2ccc(Cl)cc2Oc2ccccc2)ccc1CCC(=O)O. The second-order valence-electron chi connectivity index (χ2n) is 7.75. The quantitative estimate of drug-likeness (QED) is 0.311. The molecule has 0 amide bonds. The molecule has 1 atom stereocenters. The molecule has 5 nitrogen and oxygen atoms in total. The zero-order valence-electron chi connectivity index (χ0n) is 18.9. The molecule has 33 heavy (non-hydrogen) atoms. The molecule has 6 heteroatoms. The van der Waals surface area contributed by atoms with Crippen LogP contribution in [-0.2, 0) is 17.6 Å². The molecular weight excluding hydrogens is 440 g/mol. The number of hydrogen-bond acceptors (Lipinski definition) is 4. The van der Waals surface area contributed by atoms with Gasteiger partial charge in [0.05, 0.1) is 12.7 Å². The van der Waals surface area contributed by atoms with Crippen LogP contribution >= 0.6 is 11.6 Å². The molecule has 3 rings (SSSR count). The number of aliphatic carboxylic acids is 1. The molecule has 0 fully saturated rings. The molecule has 0 heterocycles. The van der Waals surface area contributed by atoms with E-state index in [0.29, 0.717) is 41.7 Å². The van der Waals surface area contributed by atoms with Crippen LogP contribution in [0.4, 0.5) is 0 Å². The van der Waals surface area contributed by atoms with Gasteiger partial charge in [-0.05, 0) is 67.3 Å². The lowest BCUT2D eigenvalue weighted by Gasteiger charge is -2.18. The number of carboxylic acid groups (broad SMARTS) is 1. The fourth-order valence-corrected chi connectivity index (χ4v) is 3.57. The summed E-state index contributed by atoms with van der Waals surface area (Å²) in [5.74, 6) is 1.88. The van der Waals surface area contributed by atoms with E-state index < -0.39 is 5.97 Å². The number of hydrogen-bond donors (Lipinski definition) is 1. The molecule has 0 radical (unpaired) electrons. The van der Waals surface area contributed by atoms with Crippen molar-refractivity contribution in [1.82, 2.24) is 0 Å². The predicted octanol–water partition coefficient (Wildman–Crippen LogP) is 6.95. The molecule has 3 aromatic carbocycles. The monoisotopic (exact) mass is 468 g/mol. The van der Waals surface area contributed by atoms with Gasteiger partial charge in [0.2, 0.25) is 0 Å². The molecular formula is C27H29ClO5. The van der Waals surface area contributed by atoms with Crippen LogP contribution in [0.15, 0.2) is 66.7 Å². The van der Waals surface area contributed by atoms with Gasteiger partial charge in [-0.3, -0.25) is 4.79 Å². The highest BCUT2D eigenvalue weighted by Crippen LogP contribution is 2.34. The second kappa shape index (κ2) is 12.2. The summed E-state index contributed by atoms with van der Waals surface area (Å²) in [7, 11) is 0.